The van der Waals surface area contributed by atoms with Gasteiger partial charge < -0.3 is 14.8 Å². The third-order valence-corrected chi connectivity index (χ3v) is 3.83. The lowest BCUT2D eigenvalue weighted by molar-refractivity contribution is -0.384. The molecule has 0 aliphatic rings. The number of nitro benzene ring substituents is 1. The molecule has 1 unspecified atom stereocenters. The number of amides is 1. The maximum Gasteiger partial charge on any atom is 0.344 e. The van der Waals surface area contributed by atoms with E-state index in [1.54, 1.807) is 24.3 Å². The summed E-state index contributed by atoms with van der Waals surface area (Å²) < 4.78 is 10.2. The first-order chi connectivity index (χ1) is 12.8. The van der Waals surface area contributed by atoms with E-state index in [4.69, 9.17) is 32.7 Å². The zero-order valence-electron chi connectivity index (χ0n) is 14.0. The summed E-state index contributed by atoms with van der Waals surface area (Å²) >= 11 is 11.6. The van der Waals surface area contributed by atoms with Gasteiger partial charge in [-0.05, 0) is 37.3 Å². The van der Waals surface area contributed by atoms with E-state index in [2.05, 4.69) is 5.32 Å². The molecule has 2 aromatic carbocycles. The van der Waals surface area contributed by atoms with Crippen LogP contribution in [0.25, 0.3) is 0 Å². The zero-order valence-corrected chi connectivity index (χ0v) is 15.5. The zero-order chi connectivity index (χ0) is 20.0. The molecule has 0 aliphatic carbocycles. The lowest BCUT2D eigenvalue weighted by Gasteiger charge is -2.14. The first-order valence-corrected chi connectivity index (χ1v) is 8.34. The number of nitrogens with one attached hydrogen (secondary N) is 1. The molecule has 1 atom stereocenters. The summed E-state index contributed by atoms with van der Waals surface area (Å²) in [6.07, 6.45) is -1.13. The second-order valence-corrected chi connectivity index (χ2v) is 6.13. The monoisotopic (exact) mass is 412 g/mol. The van der Waals surface area contributed by atoms with Crippen molar-refractivity contribution in [2.45, 2.75) is 13.0 Å². The first-order valence-electron chi connectivity index (χ1n) is 7.59. The average molecular weight is 413 g/mol. The lowest BCUT2D eigenvalue weighted by Crippen LogP contribution is -2.31. The number of ether oxygens (including phenoxy) is 2. The molecular formula is C17H14Cl2N2O6. The number of esters is 1. The van der Waals surface area contributed by atoms with E-state index in [1.165, 1.54) is 19.1 Å². The molecule has 10 heteroatoms. The van der Waals surface area contributed by atoms with E-state index in [0.29, 0.717) is 10.8 Å². The minimum absolute atomic E-state index is 0.0119. The molecule has 0 saturated heterocycles. The van der Waals surface area contributed by atoms with Crippen LogP contribution >= 0.6 is 23.2 Å². The number of nitro groups is 1. The Kier molecular flexibility index (Phi) is 6.98. The summed E-state index contributed by atoms with van der Waals surface area (Å²) in [5.41, 5.74) is -0.0515. The summed E-state index contributed by atoms with van der Waals surface area (Å²) in [6, 6.07) is 9.96. The fourth-order valence-electron chi connectivity index (χ4n) is 1.91. The van der Waals surface area contributed by atoms with Gasteiger partial charge in [0, 0.05) is 17.2 Å². The van der Waals surface area contributed by atoms with Crippen molar-refractivity contribution in [1.82, 2.24) is 0 Å². The summed E-state index contributed by atoms with van der Waals surface area (Å²) in [5, 5.41) is 13.6. The summed E-state index contributed by atoms with van der Waals surface area (Å²) in [7, 11) is 0. The molecule has 27 heavy (non-hydrogen) atoms. The molecule has 1 N–H and O–H groups in total. The van der Waals surface area contributed by atoms with Crippen LogP contribution in [0.4, 0.5) is 11.4 Å². The van der Waals surface area contributed by atoms with Crippen LogP contribution in [0.15, 0.2) is 42.5 Å². The van der Waals surface area contributed by atoms with Gasteiger partial charge in [-0.15, -0.1) is 0 Å². The number of non-ortho nitro benzene ring substituents is 1. The molecule has 0 aromatic heterocycles. The van der Waals surface area contributed by atoms with E-state index in [1.807, 2.05) is 0 Å². The smallest absolute Gasteiger partial charge is 0.344 e. The van der Waals surface area contributed by atoms with E-state index in [0.717, 1.165) is 6.07 Å². The Labute approximate surface area is 164 Å². The van der Waals surface area contributed by atoms with E-state index < -0.39 is 29.5 Å². The molecule has 1 amide bonds. The van der Waals surface area contributed by atoms with Gasteiger partial charge in [-0.2, -0.15) is 0 Å². The number of hydrogen-bond acceptors (Lipinski definition) is 6. The number of rotatable bonds is 7. The molecule has 142 valence electrons. The van der Waals surface area contributed by atoms with Crippen LogP contribution in [0, 0.1) is 10.1 Å². The van der Waals surface area contributed by atoms with Crippen LogP contribution in [-0.4, -0.2) is 29.5 Å². The predicted molar refractivity (Wildman–Crippen MR) is 99.2 cm³/mol. The highest BCUT2D eigenvalue weighted by atomic mass is 35.5. The Morgan fingerprint density at radius 1 is 1.19 bits per heavy atom. The Morgan fingerprint density at radius 2 is 1.85 bits per heavy atom. The van der Waals surface area contributed by atoms with Crippen molar-refractivity contribution in [3.05, 3.63) is 62.6 Å². The molecule has 0 radical (unpaired) electrons. The predicted octanol–water partition coefficient (Wildman–Crippen LogP) is 3.85. The Balaban J connectivity index is 1.86. The molecule has 2 rings (SSSR count). The van der Waals surface area contributed by atoms with Crippen molar-refractivity contribution in [3.8, 4) is 5.75 Å². The fourth-order valence-corrected chi connectivity index (χ4v) is 2.26. The molecule has 0 fully saturated rings. The number of benzene rings is 2. The second-order valence-electron chi connectivity index (χ2n) is 5.29. The number of nitrogens with zero attached hydrogens (tertiary/aromatic N) is 1. The number of carbonyl (C=O) groups is 2. The van der Waals surface area contributed by atoms with E-state index >= 15 is 0 Å². The van der Waals surface area contributed by atoms with Gasteiger partial charge in [-0.25, -0.2) is 4.79 Å². The van der Waals surface area contributed by atoms with Crippen LogP contribution < -0.4 is 10.1 Å². The topological polar surface area (TPSA) is 108 Å². The van der Waals surface area contributed by atoms with Crippen molar-refractivity contribution in [3.63, 3.8) is 0 Å². The molecule has 0 saturated carbocycles. The number of carbonyl (C=O) groups excluding carboxylic acids is 2. The molecule has 8 nitrogen and oxygen atoms in total. The Morgan fingerprint density at radius 3 is 2.44 bits per heavy atom. The molecule has 0 aliphatic heterocycles. The van der Waals surface area contributed by atoms with Crippen molar-refractivity contribution in [2.24, 2.45) is 0 Å². The summed E-state index contributed by atoms with van der Waals surface area (Å²) in [5.74, 6) is -0.973. The molecule has 0 heterocycles. The number of anilines is 1. The second kappa shape index (κ2) is 9.20. The van der Waals surface area contributed by atoms with Crippen molar-refractivity contribution in [1.29, 1.82) is 0 Å². The highest BCUT2D eigenvalue weighted by molar-refractivity contribution is 6.34. The SMILES string of the molecule is CC(OC(=O)COc1ccc(Cl)cc1)C(=O)Nc1ccc([N+](=O)[O-])cc1Cl. The van der Waals surface area contributed by atoms with Crippen LogP contribution in [0.2, 0.25) is 10.0 Å². The summed E-state index contributed by atoms with van der Waals surface area (Å²) in [4.78, 5) is 33.9. The summed E-state index contributed by atoms with van der Waals surface area (Å²) in [6.45, 7) is 0.979. The van der Waals surface area contributed by atoms with Crippen LogP contribution in [0.1, 0.15) is 6.92 Å². The normalized spacial score (nSPS) is 11.4. The number of halogens is 2. The largest absolute Gasteiger partial charge is 0.482 e. The Hall–Kier alpha value is -2.84. The van der Waals surface area contributed by atoms with Crippen molar-refractivity contribution in [2.75, 3.05) is 11.9 Å². The quantitative estimate of drug-likeness (QED) is 0.420. The van der Waals surface area contributed by atoms with Gasteiger partial charge >= 0.3 is 5.97 Å². The molecule has 0 spiro atoms. The van der Waals surface area contributed by atoms with Gasteiger partial charge in [0.2, 0.25) is 0 Å². The standard InChI is InChI=1S/C17H14Cl2N2O6/c1-10(27-16(22)9-26-13-5-2-11(18)3-6-13)17(23)20-15-7-4-12(21(24)25)8-14(15)19/h2-8,10H,9H2,1H3,(H,20,23). The average Bonchev–Trinajstić information content (AvgIpc) is 2.62. The van der Waals surface area contributed by atoms with Crippen molar-refractivity contribution < 1.29 is 24.0 Å². The Bertz CT molecular complexity index is 857. The first kappa shape index (κ1) is 20.5. The van der Waals surface area contributed by atoms with Gasteiger partial charge in [-0.3, -0.25) is 14.9 Å². The number of hydrogen-bond donors (Lipinski definition) is 1. The van der Waals surface area contributed by atoms with Gasteiger partial charge in [0.05, 0.1) is 15.6 Å². The minimum atomic E-state index is -1.13. The third kappa shape index (κ3) is 6.12. The van der Waals surface area contributed by atoms with Gasteiger partial charge in [0.15, 0.2) is 12.7 Å². The van der Waals surface area contributed by atoms with Gasteiger partial charge in [0.1, 0.15) is 5.75 Å². The van der Waals surface area contributed by atoms with E-state index in [-0.39, 0.29) is 16.4 Å². The van der Waals surface area contributed by atoms with Crippen LogP contribution in [-0.2, 0) is 14.3 Å². The lowest BCUT2D eigenvalue weighted by atomic mass is 10.2. The maximum atomic E-state index is 12.1. The molecular weight excluding hydrogens is 399 g/mol. The van der Waals surface area contributed by atoms with Crippen LogP contribution in [0.5, 0.6) is 5.75 Å². The highest BCUT2D eigenvalue weighted by Gasteiger charge is 2.20. The molecule has 0 bridgehead atoms. The fraction of sp³-hybridized carbons (Fsp3) is 0.176. The van der Waals surface area contributed by atoms with Gasteiger partial charge in [-0.1, -0.05) is 23.2 Å². The van der Waals surface area contributed by atoms with Crippen LogP contribution in [0.3, 0.4) is 0 Å². The maximum absolute atomic E-state index is 12.1. The highest BCUT2D eigenvalue weighted by Crippen LogP contribution is 2.26. The van der Waals surface area contributed by atoms with Gasteiger partial charge in [0.25, 0.3) is 11.6 Å². The van der Waals surface area contributed by atoms with Crippen molar-refractivity contribution >= 4 is 46.5 Å². The molecule has 2 aromatic rings. The minimum Gasteiger partial charge on any atom is -0.482 e. The third-order valence-electron chi connectivity index (χ3n) is 3.27. The van der Waals surface area contributed by atoms with E-state index in [9.17, 15) is 19.7 Å².